The van der Waals surface area contributed by atoms with Gasteiger partial charge < -0.3 is 5.11 Å². The SMILES string of the molecule is O=[N+]([O-])c1cc(Cl)c(Cl)c(Cl)c1.O=[N+]([O-])c1cc(Cl)c(O)c(Cl)c1. The van der Waals surface area contributed by atoms with Gasteiger partial charge in [0.1, 0.15) is 0 Å². The number of non-ortho nitro benzene ring substituents is 2. The van der Waals surface area contributed by atoms with Crippen molar-refractivity contribution in [2.75, 3.05) is 0 Å². The first-order valence-corrected chi connectivity index (χ1v) is 7.55. The van der Waals surface area contributed by atoms with Crippen LogP contribution >= 0.6 is 58.0 Å². The third-order valence-electron chi connectivity index (χ3n) is 2.39. The van der Waals surface area contributed by atoms with Gasteiger partial charge in [-0.15, -0.1) is 0 Å². The van der Waals surface area contributed by atoms with Crippen molar-refractivity contribution >= 4 is 69.4 Å². The molecule has 0 saturated heterocycles. The zero-order valence-corrected chi connectivity index (χ0v) is 15.0. The van der Waals surface area contributed by atoms with Gasteiger partial charge in [0.25, 0.3) is 11.4 Å². The fourth-order valence-corrected chi connectivity index (χ4v) is 2.37. The summed E-state index contributed by atoms with van der Waals surface area (Å²) in [6.45, 7) is 0. The van der Waals surface area contributed by atoms with Crippen molar-refractivity contribution < 1.29 is 15.0 Å². The number of nitro benzene ring substituents is 2. The van der Waals surface area contributed by atoms with Gasteiger partial charge in [0, 0.05) is 24.3 Å². The van der Waals surface area contributed by atoms with Gasteiger partial charge in [-0.1, -0.05) is 58.0 Å². The van der Waals surface area contributed by atoms with Crippen molar-refractivity contribution in [3.63, 3.8) is 0 Å². The molecule has 2 rings (SSSR count). The van der Waals surface area contributed by atoms with E-state index in [1.807, 2.05) is 0 Å². The Morgan fingerprint density at radius 2 is 1.00 bits per heavy atom. The second kappa shape index (κ2) is 8.55. The summed E-state index contributed by atoms with van der Waals surface area (Å²) in [5, 5.41) is 29.5. The number of nitrogens with zero attached hydrogens (tertiary/aromatic N) is 2. The summed E-state index contributed by atoms with van der Waals surface area (Å²) in [4.78, 5) is 19.3. The summed E-state index contributed by atoms with van der Waals surface area (Å²) in [5.41, 5.74) is -0.419. The van der Waals surface area contributed by atoms with Gasteiger partial charge in [0.15, 0.2) is 5.75 Å². The molecule has 2 aromatic rings. The second-order valence-electron chi connectivity index (χ2n) is 4.00. The molecule has 0 aliphatic carbocycles. The number of halogens is 5. The molecule has 0 spiro atoms. The van der Waals surface area contributed by atoms with E-state index in [-0.39, 0.29) is 42.2 Å². The van der Waals surface area contributed by atoms with Crippen LogP contribution in [-0.4, -0.2) is 15.0 Å². The highest BCUT2D eigenvalue weighted by molar-refractivity contribution is 6.48. The Labute approximate surface area is 159 Å². The van der Waals surface area contributed by atoms with Gasteiger partial charge in [0.2, 0.25) is 0 Å². The molecule has 0 aliphatic rings. The number of phenols is 1. The molecule has 0 bridgehead atoms. The first-order valence-electron chi connectivity index (χ1n) is 5.66. The van der Waals surface area contributed by atoms with Crippen molar-refractivity contribution in [2.24, 2.45) is 0 Å². The van der Waals surface area contributed by atoms with Crippen LogP contribution < -0.4 is 0 Å². The molecular formula is C12H5Cl5N2O5. The van der Waals surface area contributed by atoms with Gasteiger partial charge in [0.05, 0.1) is 35.0 Å². The zero-order valence-electron chi connectivity index (χ0n) is 11.2. The number of aromatic hydroxyl groups is 1. The third kappa shape index (κ3) is 5.25. The van der Waals surface area contributed by atoms with Crippen molar-refractivity contribution in [3.8, 4) is 5.75 Å². The topological polar surface area (TPSA) is 107 Å². The first kappa shape index (κ1) is 20.5. The van der Waals surface area contributed by atoms with Crippen LogP contribution in [-0.2, 0) is 0 Å². The van der Waals surface area contributed by atoms with E-state index in [4.69, 9.17) is 63.1 Å². The number of rotatable bonds is 2. The lowest BCUT2D eigenvalue weighted by Gasteiger charge is -1.98. The molecule has 128 valence electrons. The van der Waals surface area contributed by atoms with E-state index in [0.29, 0.717) is 0 Å². The molecule has 24 heavy (non-hydrogen) atoms. The molecule has 0 aliphatic heterocycles. The number of benzene rings is 2. The maximum atomic E-state index is 10.3. The van der Waals surface area contributed by atoms with Crippen LogP contribution in [0.5, 0.6) is 5.75 Å². The smallest absolute Gasteiger partial charge is 0.272 e. The van der Waals surface area contributed by atoms with E-state index in [2.05, 4.69) is 0 Å². The van der Waals surface area contributed by atoms with E-state index in [1.54, 1.807) is 0 Å². The molecule has 0 aromatic heterocycles. The highest BCUT2D eigenvalue weighted by Gasteiger charge is 2.13. The average Bonchev–Trinajstić information content (AvgIpc) is 2.49. The molecule has 0 saturated carbocycles. The number of phenolic OH excluding ortho intramolecular Hbond substituents is 1. The van der Waals surface area contributed by atoms with Crippen molar-refractivity contribution in [3.05, 3.63) is 69.6 Å². The number of hydrogen-bond acceptors (Lipinski definition) is 5. The first-order chi connectivity index (χ1) is 11.0. The normalized spacial score (nSPS) is 9.88. The van der Waals surface area contributed by atoms with Crippen LogP contribution in [0.15, 0.2) is 24.3 Å². The summed E-state index contributed by atoms with van der Waals surface area (Å²) >= 11 is 27.5. The summed E-state index contributed by atoms with van der Waals surface area (Å²) in [7, 11) is 0. The minimum atomic E-state index is -0.642. The van der Waals surface area contributed by atoms with Crippen molar-refractivity contribution in [1.29, 1.82) is 0 Å². The predicted molar refractivity (Wildman–Crippen MR) is 92.9 cm³/mol. The maximum absolute atomic E-state index is 10.3. The van der Waals surface area contributed by atoms with Crippen LogP contribution in [0.25, 0.3) is 0 Å². The van der Waals surface area contributed by atoms with Crippen molar-refractivity contribution in [1.82, 2.24) is 0 Å². The highest BCUT2D eigenvalue weighted by atomic mass is 35.5. The van der Waals surface area contributed by atoms with Crippen molar-refractivity contribution in [2.45, 2.75) is 0 Å². The Morgan fingerprint density at radius 3 is 1.29 bits per heavy atom. The molecule has 12 heteroatoms. The van der Waals surface area contributed by atoms with E-state index in [9.17, 15) is 20.2 Å². The van der Waals surface area contributed by atoms with E-state index in [1.165, 1.54) is 0 Å². The Balaban J connectivity index is 0.000000240. The highest BCUT2D eigenvalue weighted by Crippen LogP contribution is 2.35. The minimum absolute atomic E-state index is 0.0795. The number of hydrogen-bond donors (Lipinski definition) is 1. The lowest BCUT2D eigenvalue weighted by molar-refractivity contribution is -0.385. The van der Waals surface area contributed by atoms with Gasteiger partial charge in [-0.25, -0.2) is 0 Å². The van der Waals surface area contributed by atoms with Gasteiger partial charge in [-0.05, 0) is 0 Å². The molecule has 0 fully saturated rings. The molecule has 0 amide bonds. The predicted octanol–water partition coefficient (Wildman–Crippen LogP) is 6.16. The maximum Gasteiger partial charge on any atom is 0.272 e. The molecule has 0 unspecified atom stereocenters. The Bertz CT molecular complexity index is 701. The van der Waals surface area contributed by atoms with E-state index < -0.39 is 9.85 Å². The minimum Gasteiger partial charge on any atom is -0.505 e. The molecule has 0 heterocycles. The van der Waals surface area contributed by atoms with E-state index >= 15 is 0 Å². The summed E-state index contributed by atoms with van der Waals surface area (Å²) < 4.78 is 0. The van der Waals surface area contributed by atoms with Crippen LogP contribution in [0.2, 0.25) is 25.1 Å². The standard InChI is InChI=1S/C6H2Cl3NO2.C6H3Cl2NO3/c7-4-1-3(10(11)12)2-5(8)6(4)9;7-4-1-3(9(11)12)2-5(8)6(4)10/h1-2H;1-2,10H. The number of nitro groups is 2. The fraction of sp³-hybridized carbons (Fsp3) is 0. The molecule has 0 atom stereocenters. The monoisotopic (exact) mass is 432 g/mol. The summed E-state index contributed by atoms with van der Waals surface area (Å²) in [5.74, 6) is -0.344. The van der Waals surface area contributed by atoms with Gasteiger partial charge >= 0.3 is 0 Å². The Hall–Kier alpha value is -1.51. The lowest BCUT2D eigenvalue weighted by atomic mass is 10.3. The van der Waals surface area contributed by atoms with Crippen LogP contribution in [0, 0.1) is 20.2 Å². The second-order valence-corrected chi connectivity index (χ2v) is 6.00. The molecular weight excluding hydrogens is 429 g/mol. The lowest BCUT2D eigenvalue weighted by Crippen LogP contribution is -1.87. The molecule has 7 nitrogen and oxygen atoms in total. The Morgan fingerprint density at radius 1 is 0.708 bits per heavy atom. The van der Waals surface area contributed by atoms with Crippen LogP contribution in [0.3, 0.4) is 0 Å². The quantitative estimate of drug-likeness (QED) is 0.346. The third-order valence-corrected chi connectivity index (χ3v) is 4.16. The molecule has 2 aromatic carbocycles. The summed E-state index contributed by atoms with van der Waals surface area (Å²) in [6.07, 6.45) is 0. The molecule has 0 radical (unpaired) electrons. The van der Waals surface area contributed by atoms with Gasteiger partial charge in [-0.3, -0.25) is 20.2 Å². The molecule has 1 N–H and O–H groups in total. The van der Waals surface area contributed by atoms with Gasteiger partial charge in [-0.2, -0.15) is 0 Å². The van der Waals surface area contributed by atoms with E-state index in [0.717, 1.165) is 24.3 Å². The summed E-state index contributed by atoms with van der Waals surface area (Å²) in [6, 6.07) is 4.36. The Kier molecular flexibility index (Phi) is 7.31. The zero-order chi connectivity index (χ0) is 18.6. The average molecular weight is 434 g/mol. The largest absolute Gasteiger partial charge is 0.505 e. The van der Waals surface area contributed by atoms with Crippen LogP contribution in [0.1, 0.15) is 0 Å². The fourth-order valence-electron chi connectivity index (χ4n) is 1.31. The van der Waals surface area contributed by atoms with Crippen LogP contribution in [0.4, 0.5) is 11.4 Å².